The maximum Gasteiger partial charge on any atom is 0.142 e. The number of hydrogen-bond donors (Lipinski definition) is 2. The van der Waals surface area contributed by atoms with Crippen molar-refractivity contribution in [2.24, 2.45) is 4.99 Å². The molecule has 9 aromatic carbocycles. The number of benzene rings is 9. The monoisotopic (exact) mass is 745 g/mol. The van der Waals surface area contributed by atoms with E-state index in [1.54, 1.807) is 0 Å². The first-order chi connectivity index (χ1) is 28.7. The van der Waals surface area contributed by atoms with Gasteiger partial charge in [-0.1, -0.05) is 158 Å². The number of rotatable bonds is 5. The highest BCUT2D eigenvalue weighted by molar-refractivity contribution is 6.19. The highest BCUT2D eigenvalue weighted by Crippen LogP contribution is 2.42. The van der Waals surface area contributed by atoms with Crippen molar-refractivity contribution in [3.05, 3.63) is 205 Å². The molecule has 0 fully saturated rings. The molecule has 3 heterocycles. The zero-order valence-corrected chi connectivity index (χ0v) is 31.3. The van der Waals surface area contributed by atoms with Crippen LogP contribution in [0.3, 0.4) is 0 Å². The van der Waals surface area contributed by atoms with Crippen LogP contribution in [0.25, 0.3) is 87.7 Å². The Bertz CT molecular complexity index is 3430. The minimum atomic E-state index is -0.366. The lowest BCUT2D eigenvalue weighted by molar-refractivity contribution is 0.408. The topological polar surface area (TPSA) is 62.7 Å². The summed E-state index contributed by atoms with van der Waals surface area (Å²) in [4.78, 5) is 5.42. The van der Waals surface area contributed by atoms with Crippen LogP contribution in [0.4, 0.5) is 0 Å². The Morgan fingerprint density at radius 1 is 0.431 bits per heavy atom. The minimum absolute atomic E-state index is 0.192. The van der Waals surface area contributed by atoms with E-state index in [4.69, 9.17) is 13.8 Å². The zero-order valence-electron chi connectivity index (χ0n) is 31.3. The van der Waals surface area contributed by atoms with E-state index in [9.17, 15) is 0 Å². The lowest BCUT2D eigenvalue weighted by Crippen LogP contribution is -2.45. The minimum Gasteiger partial charge on any atom is -0.456 e. The second-order valence-corrected chi connectivity index (χ2v) is 15.1. The number of furan rings is 2. The molecule has 2 unspecified atom stereocenters. The van der Waals surface area contributed by atoms with Gasteiger partial charge in [0.25, 0.3) is 0 Å². The van der Waals surface area contributed by atoms with E-state index in [1.807, 2.05) is 18.2 Å². The van der Waals surface area contributed by atoms with Crippen molar-refractivity contribution in [1.29, 1.82) is 0 Å². The number of nitrogens with zero attached hydrogens (tertiary/aromatic N) is 1. The molecule has 58 heavy (non-hydrogen) atoms. The molecule has 0 radical (unpaired) electrons. The summed E-state index contributed by atoms with van der Waals surface area (Å²) >= 11 is 0. The second-order valence-electron chi connectivity index (χ2n) is 15.1. The number of hydrogen-bond acceptors (Lipinski definition) is 5. The van der Waals surface area contributed by atoms with Crippen LogP contribution in [0.5, 0.6) is 0 Å². The molecule has 12 rings (SSSR count). The van der Waals surface area contributed by atoms with Gasteiger partial charge in [-0.25, -0.2) is 4.99 Å². The lowest BCUT2D eigenvalue weighted by Gasteiger charge is -2.32. The Hall–Kier alpha value is -7.47. The van der Waals surface area contributed by atoms with Crippen molar-refractivity contribution in [3.8, 4) is 22.3 Å². The van der Waals surface area contributed by atoms with E-state index < -0.39 is 0 Å². The standard InChI is InChI=1S/C53H35N3O2/c1-2-13-33(14-3-1)51-54-52(56-53(55-51)45-21-10-20-42-40-18-8-9-22-46(40)58-50(42)45)43-29-28-39(37-16-6-7-17-38(37)43)41-19-11-23-47-49(41)44-27-26-36(31-48(44)57-47)35-25-24-32-12-4-5-15-34(32)30-35/h1-31,51,53,55H,(H,54,56). The summed E-state index contributed by atoms with van der Waals surface area (Å²) in [7, 11) is 0. The normalized spacial score (nSPS) is 15.8. The molecule has 1 aliphatic heterocycles. The molecule has 2 aromatic heterocycles. The smallest absolute Gasteiger partial charge is 0.142 e. The third kappa shape index (κ3) is 5.25. The summed E-state index contributed by atoms with van der Waals surface area (Å²) in [6, 6.07) is 66.3. The van der Waals surface area contributed by atoms with Crippen LogP contribution in [0, 0.1) is 0 Å². The molecule has 0 bridgehead atoms. The van der Waals surface area contributed by atoms with Crippen LogP contribution < -0.4 is 10.6 Å². The van der Waals surface area contributed by atoms with Crippen molar-refractivity contribution in [2.75, 3.05) is 0 Å². The van der Waals surface area contributed by atoms with Crippen LogP contribution in [0.1, 0.15) is 29.0 Å². The Morgan fingerprint density at radius 3 is 2.02 bits per heavy atom. The summed E-state index contributed by atoms with van der Waals surface area (Å²) in [6.45, 7) is 0. The maximum absolute atomic E-state index is 6.61. The van der Waals surface area contributed by atoms with Gasteiger partial charge >= 0.3 is 0 Å². The van der Waals surface area contributed by atoms with Crippen LogP contribution in [0.2, 0.25) is 0 Å². The van der Waals surface area contributed by atoms with Gasteiger partial charge in [-0.2, -0.15) is 0 Å². The van der Waals surface area contributed by atoms with Crippen molar-refractivity contribution >= 4 is 71.3 Å². The number of nitrogens with one attached hydrogen (secondary N) is 2. The molecule has 0 spiro atoms. The van der Waals surface area contributed by atoms with Gasteiger partial charge in [0.2, 0.25) is 0 Å². The Balaban J connectivity index is 0.993. The number of para-hydroxylation sites is 2. The lowest BCUT2D eigenvalue weighted by atomic mass is 9.91. The average Bonchev–Trinajstić information content (AvgIpc) is 3.87. The van der Waals surface area contributed by atoms with E-state index in [1.165, 1.54) is 16.3 Å². The summed E-state index contributed by atoms with van der Waals surface area (Å²) in [5.41, 5.74) is 11.2. The first-order valence-electron chi connectivity index (χ1n) is 19.8. The molecule has 1 aliphatic rings. The van der Waals surface area contributed by atoms with Crippen LogP contribution in [-0.2, 0) is 0 Å². The fourth-order valence-electron chi connectivity index (χ4n) is 8.99. The number of aliphatic imine (C=N–C) groups is 1. The molecule has 274 valence electrons. The highest BCUT2D eigenvalue weighted by Gasteiger charge is 2.29. The van der Waals surface area contributed by atoms with Gasteiger partial charge < -0.3 is 14.2 Å². The molecule has 0 saturated heterocycles. The van der Waals surface area contributed by atoms with E-state index in [0.29, 0.717) is 0 Å². The molecule has 0 amide bonds. The number of amidine groups is 1. The maximum atomic E-state index is 6.61. The summed E-state index contributed by atoms with van der Waals surface area (Å²) in [5, 5.41) is 16.7. The first kappa shape index (κ1) is 32.7. The third-order valence-corrected chi connectivity index (χ3v) is 11.8. The van der Waals surface area contributed by atoms with Gasteiger partial charge in [-0.15, -0.1) is 0 Å². The van der Waals surface area contributed by atoms with E-state index in [2.05, 4.69) is 180 Å². The van der Waals surface area contributed by atoms with Gasteiger partial charge in [0.05, 0.1) is 0 Å². The second kappa shape index (κ2) is 13.1. The Labute approximate surface area is 333 Å². The molecule has 0 aliphatic carbocycles. The van der Waals surface area contributed by atoms with E-state index in [0.717, 1.165) is 93.9 Å². The predicted octanol–water partition coefficient (Wildman–Crippen LogP) is 13.5. The van der Waals surface area contributed by atoms with Crippen molar-refractivity contribution < 1.29 is 8.83 Å². The Morgan fingerprint density at radius 2 is 1.12 bits per heavy atom. The number of fused-ring (bicyclic) bond motifs is 8. The van der Waals surface area contributed by atoms with Crippen molar-refractivity contribution in [2.45, 2.75) is 12.3 Å². The summed E-state index contributed by atoms with van der Waals surface area (Å²) in [6.07, 6.45) is -0.558. The van der Waals surface area contributed by atoms with Crippen LogP contribution >= 0.6 is 0 Å². The largest absolute Gasteiger partial charge is 0.456 e. The quantitative estimate of drug-likeness (QED) is 0.184. The molecule has 5 nitrogen and oxygen atoms in total. The van der Waals surface area contributed by atoms with E-state index in [-0.39, 0.29) is 12.3 Å². The molecule has 2 atom stereocenters. The molecular weight excluding hydrogens is 711 g/mol. The van der Waals surface area contributed by atoms with Gasteiger partial charge in [-0.3, -0.25) is 5.32 Å². The van der Waals surface area contributed by atoms with Crippen LogP contribution in [0.15, 0.2) is 202 Å². The van der Waals surface area contributed by atoms with E-state index >= 15 is 0 Å². The fourth-order valence-corrected chi connectivity index (χ4v) is 8.99. The van der Waals surface area contributed by atoms with Gasteiger partial charge in [-0.05, 0) is 79.7 Å². The molecule has 0 saturated carbocycles. The molecule has 11 aromatic rings. The van der Waals surface area contributed by atoms with Crippen molar-refractivity contribution in [3.63, 3.8) is 0 Å². The molecule has 5 heteroatoms. The Kier molecular flexibility index (Phi) is 7.37. The van der Waals surface area contributed by atoms with Crippen LogP contribution in [-0.4, -0.2) is 5.84 Å². The zero-order chi connectivity index (χ0) is 38.2. The van der Waals surface area contributed by atoms with Gasteiger partial charge in [0, 0.05) is 32.7 Å². The predicted molar refractivity (Wildman–Crippen MR) is 238 cm³/mol. The fraction of sp³-hybridized carbons (Fsp3) is 0.0377. The average molecular weight is 746 g/mol. The molecular formula is C53H35N3O2. The highest BCUT2D eigenvalue weighted by atomic mass is 16.3. The summed E-state index contributed by atoms with van der Waals surface area (Å²) < 4.78 is 13.1. The first-order valence-corrected chi connectivity index (χ1v) is 19.8. The summed E-state index contributed by atoms with van der Waals surface area (Å²) in [5.74, 6) is 0.821. The van der Waals surface area contributed by atoms with Crippen molar-refractivity contribution in [1.82, 2.24) is 10.6 Å². The van der Waals surface area contributed by atoms with Gasteiger partial charge in [0.1, 0.15) is 40.5 Å². The molecule has 2 N–H and O–H groups in total. The third-order valence-electron chi connectivity index (χ3n) is 11.8. The van der Waals surface area contributed by atoms with Gasteiger partial charge in [0.15, 0.2) is 0 Å². The SMILES string of the molecule is c1ccc(C2NC(c3ccc(-c4cccc5oc6cc(-c7ccc8ccccc8c7)ccc6c45)c4ccccc34)=NC(c3cccc4c3oc3ccccc34)N2)cc1.